The lowest BCUT2D eigenvalue weighted by molar-refractivity contribution is 0.139. The van der Waals surface area contributed by atoms with E-state index in [1.165, 1.54) is 0 Å². The van der Waals surface area contributed by atoms with E-state index in [9.17, 15) is 0 Å². The minimum atomic E-state index is 0.0170. The maximum Gasteiger partial charge on any atom is 0.0841 e. The molecule has 0 aromatic heterocycles. The van der Waals surface area contributed by atoms with Crippen LogP contribution in [0, 0.1) is 0 Å². The molecule has 0 saturated carbocycles. The summed E-state index contributed by atoms with van der Waals surface area (Å²) < 4.78 is 4.78. The molecular formula is C4H8Cl2O. The van der Waals surface area contributed by atoms with E-state index in [1.54, 1.807) is 7.11 Å². The molecule has 0 aromatic rings. The molecule has 0 fully saturated rings. The Hall–Kier alpha value is 0.540. The van der Waals surface area contributed by atoms with Gasteiger partial charge in [0.25, 0.3) is 0 Å². The highest BCUT2D eigenvalue weighted by Gasteiger charge is 1.99. The van der Waals surface area contributed by atoms with E-state index < -0.39 is 0 Å². The van der Waals surface area contributed by atoms with Gasteiger partial charge in [0.1, 0.15) is 0 Å². The molecule has 0 heterocycles. The van der Waals surface area contributed by atoms with Crippen molar-refractivity contribution in [1.82, 2.24) is 0 Å². The summed E-state index contributed by atoms with van der Waals surface area (Å²) >= 11 is 10.7. The highest BCUT2D eigenvalue weighted by Crippen LogP contribution is 1.94. The van der Waals surface area contributed by atoms with Crippen molar-refractivity contribution in [2.75, 3.05) is 18.9 Å². The molecule has 0 spiro atoms. The summed E-state index contributed by atoms with van der Waals surface area (Å²) in [5.74, 6) is 0.944. The lowest BCUT2D eigenvalue weighted by Crippen LogP contribution is -2.13. The highest BCUT2D eigenvalue weighted by molar-refractivity contribution is 6.21. The molecule has 0 saturated heterocycles. The fourth-order valence-corrected chi connectivity index (χ4v) is 0.749. The van der Waals surface area contributed by atoms with Crippen molar-refractivity contribution in [1.29, 1.82) is 0 Å². The van der Waals surface area contributed by atoms with Crippen molar-refractivity contribution in [2.24, 2.45) is 0 Å². The quantitative estimate of drug-likeness (QED) is 0.543. The number of halogens is 2. The molecule has 7 heavy (non-hydrogen) atoms. The molecule has 0 rings (SSSR count). The van der Waals surface area contributed by atoms with Crippen molar-refractivity contribution in [3.05, 3.63) is 0 Å². The molecule has 0 N–H and O–H groups in total. The Balaban J connectivity index is 2.99. The van der Waals surface area contributed by atoms with Gasteiger partial charge in [0, 0.05) is 18.9 Å². The van der Waals surface area contributed by atoms with Crippen LogP contribution in [0.5, 0.6) is 0 Å². The van der Waals surface area contributed by atoms with Crippen molar-refractivity contribution < 1.29 is 4.74 Å². The number of hydrogen-bond donors (Lipinski definition) is 0. The van der Waals surface area contributed by atoms with Crippen LogP contribution in [-0.2, 0) is 4.74 Å². The molecule has 0 aromatic carbocycles. The van der Waals surface area contributed by atoms with Gasteiger partial charge in [-0.2, -0.15) is 0 Å². The number of methoxy groups -OCH3 is 1. The van der Waals surface area contributed by atoms with Crippen LogP contribution >= 0.6 is 23.2 Å². The van der Waals surface area contributed by atoms with E-state index in [0.717, 1.165) is 0 Å². The summed E-state index contributed by atoms with van der Waals surface area (Å²) in [5.41, 5.74) is 0. The Bertz CT molecular complexity index is 31.2. The van der Waals surface area contributed by atoms with Gasteiger partial charge < -0.3 is 4.74 Å². The smallest absolute Gasteiger partial charge is 0.0841 e. The minimum absolute atomic E-state index is 0.0170. The van der Waals surface area contributed by atoms with E-state index in [-0.39, 0.29) is 6.10 Å². The van der Waals surface area contributed by atoms with Gasteiger partial charge in [-0.3, -0.25) is 0 Å². The molecule has 0 bridgehead atoms. The summed E-state index contributed by atoms with van der Waals surface area (Å²) in [4.78, 5) is 0. The maximum absolute atomic E-state index is 5.36. The number of hydrogen-bond acceptors (Lipinski definition) is 1. The first kappa shape index (κ1) is 7.54. The Kier molecular flexibility index (Phi) is 5.05. The number of alkyl halides is 2. The van der Waals surface area contributed by atoms with Crippen LogP contribution < -0.4 is 0 Å². The lowest BCUT2D eigenvalue weighted by Gasteiger charge is -2.04. The third-order valence-corrected chi connectivity index (χ3v) is 1.37. The predicted octanol–water partition coefficient (Wildman–Crippen LogP) is 1.48. The van der Waals surface area contributed by atoms with Gasteiger partial charge in [0.2, 0.25) is 0 Å². The number of ether oxygens (including phenoxy) is 1. The zero-order chi connectivity index (χ0) is 5.70. The van der Waals surface area contributed by atoms with Crippen molar-refractivity contribution in [3.8, 4) is 0 Å². The SMILES string of the molecule is COC(CCl)CCl. The zero-order valence-corrected chi connectivity index (χ0v) is 5.67. The fraction of sp³-hybridized carbons (Fsp3) is 1.00. The van der Waals surface area contributed by atoms with Crippen LogP contribution in [0.3, 0.4) is 0 Å². The Morgan fingerprint density at radius 3 is 1.86 bits per heavy atom. The first-order valence-electron chi connectivity index (χ1n) is 1.99. The number of rotatable bonds is 3. The first-order chi connectivity index (χ1) is 3.35. The molecule has 0 aliphatic heterocycles. The topological polar surface area (TPSA) is 9.23 Å². The standard InChI is InChI=1S/C4H8Cl2O/c1-7-4(2-5)3-6/h4H,2-3H2,1H3. The van der Waals surface area contributed by atoms with Crippen LogP contribution in [-0.4, -0.2) is 25.0 Å². The molecule has 0 atom stereocenters. The summed E-state index contributed by atoms with van der Waals surface area (Å²) in [6.45, 7) is 0. The van der Waals surface area contributed by atoms with Crippen molar-refractivity contribution in [3.63, 3.8) is 0 Å². The molecule has 0 aliphatic carbocycles. The second-order valence-corrected chi connectivity index (χ2v) is 1.78. The van der Waals surface area contributed by atoms with E-state index >= 15 is 0 Å². The zero-order valence-electron chi connectivity index (χ0n) is 4.16. The Morgan fingerprint density at radius 1 is 1.43 bits per heavy atom. The van der Waals surface area contributed by atoms with Gasteiger partial charge in [-0.15, -0.1) is 23.2 Å². The molecule has 3 heteroatoms. The predicted molar refractivity (Wildman–Crippen MR) is 32.2 cm³/mol. The minimum Gasteiger partial charge on any atom is -0.379 e. The molecule has 0 unspecified atom stereocenters. The van der Waals surface area contributed by atoms with Crippen LogP contribution in [0.25, 0.3) is 0 Å². The molecule has 0 amide bonds. The monoisotopic (exact) mass is 142 g/mol. The summed E-state index contributed by atoms with van der Waals surface area (Å²) in [6.07, 6.45) is 0.0170. The van der Waals surface area contributed by atoms with Gasteiger partial charge in [0.05, 0.1) is 6.10 Å². The average Bonchev–Trinajstić information content (AvgIpc) is 1.72. The van der Waals surface area contributed by atoms with E-state index in [1.807, 2.05) is 0 Å². The van der Waals surface area contributed by atoms with Crippen molar-refractivity contribution >= 4 is 23.2 Å². The highest BCUT2D eigenvalue weighted by atomic mass is 35.5. The second-order valence-electron chi connectivity index (χ2n) is 1.17. The second kappa shape index (κ2) is 4.69. The van der Waals surface area contributed by atoms with Gasteiger partial charge in [-0.25, -0.2) is 0 Å². The molecular weight excluding hydrogens is 135 g/mol. The van der Waals surface area contributed by atoms with E-state index in [4.69, 9.17) is 27.9 Å². The molecule has 44 valence electrons. The molecule has 1 nitrogen and oxygen atoms in total. The van der Waals surface area contributed by atoms with Crippen LogP contribution in [0.4, 0.5) is 0 Å². The molecule has 0 aliphatic rings. The van der Waals surface area contributed by atoms with Crippen LogP contribution in [0.15, 0.2) is 0 Å². The van der Waals surface area contributed by atoms with Gasteiger partial charge in [-0.1, -0.05) is 0 Å². The first-order valence-corrected chi connectivity index (χ1v) is 3.06. The van der Waals surface area contributed by atoms with E-state index in [2.05, 4.69) is 0 Å². The van der Waals surface area contributed by atoms with Gasteiger partial charge >= 0.3 is 0 Å². The Labute approximate surface area is 53.6 Å². The fourth-order valence-electron chi connectivity index (χ4n) is 0.167. The lowest BCUT2D eigenvalue weighted by atomic mass is 10.5. The van der Waals surface area contributed by atoms with Gasteiger partial charge in [-0.05, 0) is 0 Å². The maximum atomic E-state index is 5.36. The Morgan fingerprint density at radius 2 is 1.86 bits per heavy atom. The van der Waals surface area contributed by atoms with Crippen LogP contribution in [0.2, 0.25) is 0 Å². The van der Waals surface area contributed by atoms with E-state index in [0.29, 0.717) is 11.8 Å². The third kappa shape index (κ3) is 3.15. The van der Waals surface area contributed by atoms with Crippen LogP contribution in [0.1, 0.15) is 0 Å². The summed E-state index contributed by atoms with van der Waals surface area (Å²) in [7, 11) is 1.59. The third-order valence-electron chi connectivity index (χ3n) is 0.678. The summed E-state index contributed by atoms with van der Waals surface area (Å²) in [5, 5.41) is 0. The normalized spacial score (nSPS) is 10.3. The molecule has 0 radical (unpaired) electrons. The van der Waals surface area contributed by atoms with Gasteiger partial charge in [0.15, 0.2) is 0 Å². The van der Waals surface area contributed by atoms with Crippen molar-refractivity contribution in [2.45, 2.75) is 6.10 Å². The summed E-state index contributed by atoms with van der Waals surface area (Å²) in [6, 6.07) is 0. The largest absolute Gasteiger partial charge is 0.379 e. The average molecular weight is 143 g/mol.